The van der Waals surface area contributed by atoms with Crippen LogP contribution in [0, 0.1) is 0 Å². The van der Waals surface area contributed by atoms with Crippen LogP contribution in [0.25, 0.3) is 0 Å². The van der Waals surface area contributed by atoms with Crippen LogP contribution >= 0.6 is 0 Å². The summed E-state index contributed by atoms with van der Waals surface area (Å²) in [5.74, 6) is 0.0558. The Kier molecular flexibility index (Phi) is 3.86. The van der Waals surface area contributed by atoms with Crippen molar-refractivity contribution in [3.05, 3.63) is 59.4 Å². The van der Waals surface area contributed by atoms with Gasteiger partial charge in [0.15, 0.2) is 0 Å². The molecule has 0 atom stereocenters. The Labute approximate surface area is 124 Å². The van der Waals surface area contributed by atoms with Crippen molar-refractivity contribution in [2.24, 2.45) is 0 Å². The van der Waals surface area contributed by atoms with Crippen molar-refractivity contribution < 1.29 is 4.79 Å². The summed E-state index contributed by atoms with van der Waals surface area (Å²) in [6.45, 7) is 1.52. The predicted molar refractivity (Wildman–Crippen MR) is 83.5 cm³/mol. The van der Waals surface area contributed by atoms with E-state index in [1.165, 1.54) is 11.1 Å². The van der Waals surface area contributed by atoms with Gasteiger partial charge >= 0.3 is 0 Å². The lowest BCUT2D eigenvalue weighted by Gasteiger charge is -2.21. The number of aromatic nitrogens is 1. The molecule has 21 heavy (non-hydrogen) atoms. The molecule has 1 amide bonds. The van der Waals surface area contributed by atoms with Gasteiger partial charge in [0.25, 0.3) is 5.91 Å². The van der Waals surface area contributed by atoms with Crippen molar-refractivity contribution >= 4 is 11.6 Å². The SMILES string of the molecule is CNc1ccncc1C(=O)N1CCc2ccccc2CC1. The molecular weight excluding hydrogens is 262 g/mol. The number of carbonyl (C=O) groups excluding carboxylic acids is 1. The normalized spacial score (nSPS) is 14.2. The van der Waals surface area contributed by atoms with Gasteiger partial charge in [-0.1, -0.05) is 24.3 Å². The Morgan fingerprint density at radius 2 is 1.81 bits per heavy atom. The van der Waals surface area contributed by atoms with Crippen molar-refractivity contribution in [3.63, 3.8) is 0 Å². The molecule has 108 valence electrons. The van der Waals surface area contributed by atoms with Gasteiger partial charge in [-0.15, -0.1) is 0 Å². The molecule has 1 N–H and O–H groups in total. The fourth-order valence-electron chi connectivity index (χ4n) is 2.82. The molecule has 4 heteroatoms. The number of amides is 1. The molecule has 0 spiro atoms. The lowest BCUT2D eigenvalue weighted by molar-refractivity contribution is 0.0763. The number of hydrogen-bond acceptors (Lipinski definition) is 3. The van der Waals surface area contributed by atoms with Crippen molar-refractivity contribution in [2.45, 2.75) is 12.8 Å². The van der Waals surface area contributed by atoms with E-state index in [2.05, 4.69) is 34.6 Å². The molecule has 2 aromatic rings. The predicted octanol–water partition coefficient (Wildman–Crippen LogP) is 2.36. The lowest BCUT2D eigenvalue weighted by atomic mass is 10.0. The molecule has 0 radical (unpaired) electrons. The van der Waals surface area contributed by atoms with Gasteiger partial charge in [-0.2, -0.15) is 0 Å². The molecule has 1 aromatic heterocycles. The summed E-state index contributed by atoms with van der Waals surface area (Å²) in [4.78, 5) is 18.7. The molecule has 0 fully saturated rings. The highest BCUT2D eigenvalue weighted by molar-refractivity contribution is 5.99. The van der Waals surface area contributed by atoms with Crippen LogP contribution in [0.4, 0.5) is 5.69 Å². The second kappa shape index (κ2) is 5.95. The average Bonchev–Trinajstić information content (AvgIpc) is 2.77. The Hall–Kier alpha value is -2.36. The van der Waals surface area contributed by atoms with Crippen LogP contribution in [0.5, 0.6) is 0 Å². The summed E-state index contributed by atoms with van der Waals surface area (Å²) in [5.41, 5.74) is 4.18. The van der Waals surface area contributed by atoms with E-state index < -0.39 is 0 Å². The quantitative estimate of drug-likeness (QED) is 0.919. The number of hydrogen-bond donors (Lipinski definition) is 1. The lowest BCUT2D eigenvalue weighted by Crippen LogP contribution is -2.33. The first-order valence-electron chi connectivity index (χ1n) is 7.27. The van der Waals surface area contributed by atoms with Crippen LogP contribution < -0.4 is 5.32 Å². The van der Waals surface area contributed by atoms with Gasteiger partial charge in [0, 0.05) is 38.2 Å². The molecule has 0 unspecified atom stereocenters. The Bertz CT molecular complexity index is 627. The molecule has 0 saturated carbocycles. The molecule has 3 rings (SSSR count). The van der Waals surface area contributed by atoms with Crippen molar-refractivity contribution in [1.82, 2.24) is 9.88 Å². The minimum Gasteiger partial charge on any atom is -0.387 e. The monoisotopic (exact) mass is 281 g/mol. The zero-order chi connectivity index (χ0) is 14.7. The standard InChI is InChI=1S/C17H19N3O/c1-18-16-6-9-19-12-15(16)17(21)20-10-7-13-4-2-3-5-14(13)8-11-20/h2-6,9,12H,7-8,10-11H2,1H3,(H,18,19). The van der Waals surface area contributed by atoms with Crippen LogP contribution in [0.3, 0.4) is 0 Å². The Balaban J connectivity index is 1.81. The fourth-order valence-corrected chi connectivity index (χ4v) is 2.82. The second-order valence-corrected chi connectivity index (χ2v) is 5.23. The number of benzene rings is 1. The van der Waals surface area contributed by atoms with Gasteiger partial charge < -0.3 is 10.2 Å². The highest BCUT2D eigenvalue weighted by Gasteiger charge is 2.21. The largest absolute Gasteiger partial charge is 0.387 e. The molecule has 1 aliphatic rings. The fraction of sp³-hybridized carbons (Fsp3) is 0.294. The third-order valence-electron chi connectivity index (χ3n) is 4.03. The summed E-state index contributed by atoms with van der Waals surface area (Å²) < 4.78 is 0. The maximum Gasteiger partial charge on any atom is 0.257 e. The summed E-state index contributed by atoms with van der Waals surface area (Å²) in [6, 6.07) is 10.3. The van der Waals surface area contributed by atoms with Gasteiger partial charge in [-0.25, -0.2) is 0 Å². The maximum absolute atomic E-state index is 12.7. The summed E-state index contributed by atoms with van der Waals surface area (Å²) >= 11 is 0. The van der Waals surface area contributed by atoms with E-state index >= 15 is 0 Å². The van der Waals surface area contributed by atoms with Crippen molar-refractivity contribution in [2.75, 3.05) is 25.5 Å². The van der Waals surface area contributed by atoms with Gasteiger partial charge in [0.1, 0.15) is 0 Å². The third kappa shape index (κ3) is 2.75. The highest BCUT2D eigenvalue weighted by Crippen LogP contribution is 2.19. The molecular formula is C17H19N3O. The van der Waals surface area contributed by atoms with E-state index in [4.69, 9.17) is 0 Å². The molecule has 2 heterocycles. The number of pyridine rings is 1. The van der Waals surface area contributed by atoms with Gasteiger partial charge in [0.05, 0.1) is 5.56 Å². The van der Waals surface area contributed by atoms with E-state index in [-0.39, 0.29) is 5.91 Å². The van der Waals surface area contributed by atoms with E-state index in [0.717, 1.165) is 31.6 Å². The minimum absolute atomic E-state index is 0.0558. The number of carbonyl (C=O) groups is 1. The van der Waals surface area contributed by atoms with Crippen LogP contribution in [0.2, 0.25) is 0 Å². The Morgan fingerprint density at radius 3 is 2.43 bits per heavy atom. The molecule has 0 aliphatic carbocycles. The Morgan fingerprint density at radius 1 is 1.14 bits per heavy atom. The van der Waals surface area contributed by atoms with Gasteiger partial charge in [-0.05, 0) is 30.0 Å². The first-order chi connectivity index (χ1) is 10.3. The van der Waals surface area contributed by atoms with E-state index in [1.54, 1.807) is 12.4 Å². The van der Waals surface area contributed by atoms with Crippen LogP contribution in [0.1, 0.15) is 21.5 Å². The van der Waals surface area contributed by atoms with E-state index in [9.17, 15) is 4.79 Å². The maximum atomic E-state index is 12.7. The highest BCUT2D eigenvalue weighted by atomic mass is 16.2. The zero-order valence-electron chi connectivity index (χ0n) is 12.2. The molecule has 1 aliphatic heterocycles. The van der Waals surface area contributed by atoms with Crippen LogP contribution in [0.15, 0.2) is 42.7 Å². The van der Waals surface area contributed by atoms with E-state index in [1.807, 2.05) is 18.0 Å². The molecule has 4 nitrogen and oxygen atoms in total. The topological polar surface area (TPSA) is 45.2 Å². The van der Waals surface area contributed by atoms with Crippen LogP contribution in [-0.4, -0.2) is 35.9 Å². The van der Waals surface area contributed by atoms with Gasteiger partial charge in [0.2, 0.25) is 0 Å². The number of rotatable bonds is 2. The number of nitrogens with one attached hydrogen (secondary N) is 1. The molecule has 0 saturated heterocycles. The average molecular weight is 281 g/mol. The zero-order valence-corrected chi connectivity index (χ0v) is 12.2. The van der Waals surface area contributed by atoms with Crippen LogP contribution in [-0.2, 0) is 12.8 Å². The van der Waals surface area contributed by atoms with Crippen molar-refractivity contribution in [1.29, 1.82) is 0 Å². The smallest absolute Gasteiger partial charge is 0.257 e. The first kappa shape index (κ1) is 13.6. The molecule has 0 bridgehead atoms. The molecule has 1 aromatic carbocycles. The summed E-state index contributed by atoms with van der Waals surface area (Å²) in [5, 5.41) is 3.06. The van der Waals surface area contributed by atoms with E-state index in [0.29, 0.717) is 5.56 Å². The third-order valence-corrected chi connectivity index (χ3v) is 4.03. The number of anilines is 1. The number of fused-ring (bicyclic) bond motifs is 1. The second-order valence-electron chi connectivity index (χ2n) is 5.23. The minimum atomic E-state index is 0.0558. The summed E-state index contributed by atoms with van der Waals surface area (Å²) in [7, 11) is 1.82. The first-order valence-corrected chi connectivity index (χ1v) is 7.27. The number of nitrogens with zero attached hydrogens (tertiary/aromatic N) is 2. The summed E-state index contributed by atoms with van der Waals surface area (Å²) in [6.07, 6.45) is 5.17. The van der Waals surface area contributed by atoms with Gasteiger partial charge in [-0.3, -0.25) is 9.78 Å². The van der Waals surface area contributed by atoms with Crippen molar-refractivity contribution in [3.8, 4) is 0 Å².